The van der Waals surface area contributed by atoms with Crippen molar-refractivity contribution in [3.63, 3.8) is 0 Å². The highest BCUT2D eigenvalue weighted by molar-refractivity contribution is 4.87. The molecule has 2 atom stereocenters. The highest BCUT2D eigenvalue weighted by Gasteiger charge is 2.31. The Labute approximate surface area is 133 Å². The molecule has 1 nitrogen and oxygen atoms in total. The topological polar surface area (TPSA) is 12.0 Å². The van der Waals surface area contributed by atoms with Gasteiger partial charge in [-0.25, -0.2) is 0 Å². The molecule has 0 bridgehead atoms. The Morgan fingerprint density at radius 1 is 0.667 bits per heavy atom. The molecule has 0 radical (unpaired) electrons. The minimum Gasteiger partial charge on any atom is -0.314 e. The average molecular weight is 294 g/mol. The molecule has 21 heavy (non-hydrogen) atoms. The van der Waals surface area contributed by atoms with Crippen LogP contribution in [0.4, 0.5) is 0 Å². The molecule has 2 unspecified atom stereocenters. The van der Waals surface area contributed by atoms with Crippen molar-refractivity contribution < 1.29 is 0 Å². The molecule has 0 amide bonds. The quantitative estimate of drug-likeness (QED) is 0.383. The summed E-state index contributed by atoms with van der Waals surface area (Å²) in [6.45, 7) is 3.63. The van der Waals surface area contributed by atoms with E-state index in [0.29, 0.717) is 0 Å². The van der Waals surface area contributed by atoms with Gasteiger partial charge in [0.25, 0.3) is 0 Å². The van der Waals surface area contributed by atoms with E-state index < -0.39 is 0 Å². The Balaban J connectivity index is 1.31. The van der Waals surface area contributed by atoms with Gasteiger partial charge in [-0.2, -0.15) is 0 Å². The van der Waals surface area contributed by atoms with Crippen molar-refractivity contribution in [3.8, 4) is 0 Å². The number of rotatable bonds is 14. The maximum atomic E-state index is 3.73. The zero-order valence-electron chi connectivity index (χ0n) is 14.5. The van der Waals surface area contributed by atoms with Gasteiger partial charge >= 0.3 is 0 Å². The second-order valence-electron chi connectivity index (χ2n) is 7.75. The summed E-state index contributed by atoms with van der Waals surface area (Å²) < 4.78 is 0. The molecule has 1 heteroatoms. The molecule has 2 aliphatic carbocycles. The molecule has 2 rings (SSSR count). The highest BCUT2D eigenvalue weighted by atomic mass is 14.9. The van der Waals surface area contributed by atoms with Gasteiger partial charge in [0, 0.05) is 6.04 Å². The van der Waals surface area contributed by atoms with Gasteiger partial charge in [0.2, 0.25) is 0 Å². The molecule has 2 aliphatic rings. The summed E-state index contributed by atoms with van der Waals surface area (Å²) >= 11 is 0. The van der Waals surface area contributed by atoms with Crippen LogP contribution in [0.15, 0.2) is 0 Å². The van der Waals surface area contributed by atoms with Crippen molar-refractivity contribution in [2.75, 3.05) is 6.54 Å². The molecule has 0 aliphatic heterocycles. The predicted molar refractivity (Wildman–Crippen MR) is 93.7 cm³/mol. The van der Waals surface area contributed by atoms with Gasteiger partial charge in [0.05, 0.1) is 0 Å². The summed E-state index contributed by atoms with van der Waals surface area (Å²) in [6, 6.07) is 0.906. The number of hydrogen-bond donors (Lipinski definition) is 1. The van der Waals surface area contributed by atoms with Crippen molar-refractivity contribution in [2.24, 2.45) is 11.8 Å². The zero-order valence-corrected chi connectivity index (χ0v) is 14.5. The first-order valence-corrected chi connectivity index (χ1v) is 10.1. The fourth-order valence-electron chi connectivity index (χ4n) is 3.79. The number of hydrogen-bond acceptors (Lipinski definition) is 1. The standard InChI is InChI=1S/C20H39N/c1-2-3-4-5-6-7-8-9-10-11-12-18-13-14-19(18)17-21-20-15-16-20/h18-21H,2-17H2,1H3. The summed E-state index contributed by atoms with van der Waals surface area (Å²) in [7, 11) is 0. The van der Waals surface area contributed by atoms with Crippen LogP contribution < -0.4 is 5.32 Å². The molecular weight excluding hydrogens is 254 g/mol. The molecule has 1 N–H and O–H groups in total. The number of nitrogens with one attached hydrogen (secondary N) is 1. The molecule has 0 aromatic heterocycles. The summed E-state index contributed by atoms with van der Waals surface area (Å²) in [5.41, 5.74) is 0. The van der Waals surface area contributed by atoms with Crippen LogP contribution in [-0.2, 0) is 0 Å². The fourth-order valence-corrected chi connectivity index (χ4v) is 3.79. The number of unbranched alkanes of at least 4 members (excludes halogenated alkanes) is 9. The third-order valence-electron chi connectivity index (χ3n) is 5.75. The molecule has 2 fully saturated rings. The van der Waals surface area contributed by atoms with Crippen molar-refractivity contribution in [1.82, 2.24) is 5.32 Å². The summed E-state index contributed by atoms with van der Waals surface area (Å²) in [6.07, 6.45) is 22.1. The third-order valence-corrected chi connectivity index (χ3v) is 5.75. The van der Waals surface area contributed by atoms with Gasteiger partial charge < -0.3 is 5.32 Å². The Kier molecular flexibility index (Phi) is 8.78. The molecule has 0 saturated heterocycles. The van der Waals surface area contributed by atoms with Gasteiger partial charge in [0.1, 0.15) is 0 Å². The van der Waals surface area contributed by atoms with Crippen LogP contribution in [0.3, 0.4) is 0 Å². The maximum Gasteiger partial charge on any atom is 0.00683 e. The molecule has 0 aromatic carbocycles. The molecule has 124 valence electrons. The van der Waals surface area contributed by atoms with Crippen LogP contribution >= 0.6 is 0 Å². The van der Waals surface area contributed by atoms with E-state index in [1.54, 1.807) is 0 Å². The second kappa shape index (κ2) is 10.6. The monoisotopic (exact) mass is 293 g/mol. The Morgan fingerprint density at radius 2 is 1.24 bits per heavy atom. The van der Waals surface area contributed by atoms with E-state index in [4.69, 9.17) is 0 Å². The largest absolute Gasteiger partial charge is 0.314 e. The lowest BCUT2D eigenvalue weighted by molar-refractivity contribution is 0.155. The average Bonchev–Trinajstić information content (AvgIpc) is 3.28. The molecule has 0 aromatic rings. The normalized spacial score (nSPS) is 25.0. The lowest BCUT2D eigenvalue weighted by atomic mass is 9.71. The van der Waals surface area contributed by atoms with E-state index in [1.165, 1.54) is 103 Å². The van der Waals surface area contributed by atoms with Gasteiger partial charge in [-0.1, -0.05) is 77.6 Å². The first kappa shape index (κ1) is 17.3. The van der Waals surface area contributed by atoms with E-state index in [1.807, 2.05) is 0 Å². The van der Waals surface area contributed by atoms with E-state index in [-0.39, 0.29) is 0 Å². The van der Waals surface area contributed by atoms with E-state index in [9.17, 15) is 0 Å². The minimum absolute atomic E-state index is 0.906. The van der Waals surface area contributed by atoms with Crippen molar-refractivity contribution in [2.45, 2.75) is 109 Å². The molecule has 0 heterocycles. The first-order valence-electron chi connectivity index (χ1n) is 10.1. The maximum absolute atomic E-state index is 3.73. The summed E-state index contributed by atoms with van der Waals surface area (Å²) in [4.78, 5) is 0. The molecular formula is C20H39N. The zero-order chi connectivity index (χ0) is 14.8. The van der Waals surface area contributed by atoms with Gasteiger partial charge in [-0.05, 0) is 44.1 Å². The summed E-state index contributed by atoms with van der Waals surface area (Å²) in [5, 5.41) is 3.73. The van der Waals surface area contributed by atoms with Crippen LogP contribution in [0.5, 0.6) is 0 Å². The van der Waals surface area contributed by atoms with E-state index >= 15 is 0 Å². The minimum atomic E-state index is 0.906. The van der Waals surface area contributed by atoms with Gasteiger partial charge in [0.15, 0.2) is 0 Å². The third kappa shape index (κ3) is 7.68. The highest BCUT2D eigenvalue weighted by Crippen LogP contribution is 2.38. The lowest BCUT2D eigenvalue weighted by Crippen LogP contribution is -2.36. The lowest BCUT2D eigenvalue weighted by Gasteiger charge is -2.37. The Morgan fingerprint density at radius 3 is 1.76 bits per heavy atom. The Hall–Kier alpha value is -0.0400. The van der Waals surface area contributed by atoms with Crippen molar-refractivity contribution in [3.05, 3.63) is 0 Å². The fraction of sp³-hybridized carbons (Fsp3) is 1.00. The van der Waals surface area contributed by atoms with Crippen LogP contribution in [0.2, 0.25) is 0 Å². The van der Waals surface area contributed by atoms with Crippen molar-refractivity contribution >= 4 is 0 Å². The van der Waals surface area contributed by atoms with Gasteiger partial charge in [-0.15, -0.1) is 0 Å². The van der Waals surface area contributed by atoms with Crippen molar-refractivity contribution in [1.29, 1.82) is 0 Å². The summed E-state index contributed by atoms with van der Waals surface area (Å²) in [5.74, 6) is 2.11. The van der Waals surface area contributed by atoms with E-state index in [2.05, 4.69) is 12.2 Å². The molecule has 0 spiro atoms. The Bertz CT molecular complexity index is 246. The predicted octanol–water partition coefficient (Wildman–Crippen LogP) is 6.08. The van der Waals surface area contributed by atoms with Crippen LogP contribution in [0.1, 0.15) is 103 Å². The van der Waals surface area contributed by atoms with Crippen LogP contribution in [0, 0.1) is 11.8 Å². The van der Waals surface area contributed by atoms with Crippen LogP contribution in [0.25, 0.3) is 0 Å². The second-order valence-corrected chi connectivity index (χ2v) is 7.75. The van der Waals surface area contributed by atoms with E-state index in [0.717, 1.165) is 17.9 Å². The SMILES string of the molecule is CCCCCCCCCCCCC1CCC1CNC1CC1. The molecule has 2 saturated carbocycles. The van der Waals surface area contributed by atoms with Crippen LogP contribution in [-0.4, -0.2) is 12.6 Å². The first-order chi connectivity index (χ1) is 10.4. The smallest absolute Gasteiger partial charge is 0.00683 e. The van der Waals surface area contributed by atoms with Gasteiger partial charge in [-0.3, -0.25) is 0 Å².